The second kappa shape index (κ2) is 8.51. The Morgan fingerprint density at radius 2 is 1.83 bits per heavy atom. The summed E-state index contributed by atoms with van der Waals surface area (Å²) in [5.41, 5.74) is 0.613. The maximum Gasteiger partial charge on any atom is 0.573 e. The number of nitrogens with one attached hydrogen (secondary N) is 2. The fourth-order valence-electron chi connectivity index (χ4n) is 3.29. The van der Waals surface area contributed by atoms with Crippen molar-refractivity contribution in [2.75, 3.05) is 11.9 Å². The van der Waals surface area contributed by atoms with Crippen LogP contribution in [0.15, 0.2) is 18.2 Å². The van der Waals surface area contributed by atoms with Gasteiger partial charge in [0.2, 0.25) is 10.0 Å². The number of aromatic nitrogens is 1. The van der Waals surface area contributed by atoms with Crippen molar-refractivity contribution in [1.29, 1.82) is 0 Å². The summed E-state index contributed by atoms with van der Waals surface area (Å²) in [6, 6.07) is 4.30. The van der Waals surface area contributed by atoms with Gasteiger partial charge in [0.1, 0.15) is 5.75 Å². The van der Waals surface area contributed by atoms with Crippen LogP contribution in [0.3, 0.4) is 0 Å². The summed E-state index contributed by atoms with van der Waals surface area (Å²) in [7, 11) is -3.34. The quantitative estimate of drug-likeness (QED) is 0.635. The fraction of sp³-hybridized carbons (Fsp3) is 0.632. The minimum absolute atomic E-state index is 0.201. The van der Waals surface area contributed by atoms with Crippen LogP contribution in [0, 0.1) is 5.92 Å². The Morgan fingerprint density at radius 3 is 2.43 bits per heavy atom. The summed E-state index contributed by atoms with van der Waals surface area (Å²) in [5, 5.41) is 4.02. The normalized spacial score (nSPS) is 21.0. The smallest absolute Gasteiger partial charge is 0.406 e. The third kappa shape index (κ3) is 5.98. The highest BCUT2D eigenvalue weighted by Crippen LogP contribution is 2.33. The molecule has 2 N–H and O–H groups in total. The Morgan fingerprint density at radius 1 is 1.17 bits per heavy atom. The van der Waals surface area contributed by atoms with Crippen LogP contribution in [0.1, 0.15) is 46.5 Å². The third-order valence-corrected chi connectivity index (χ3v) is 8.24. The van der Waals surface area contributed by atoms with Crippen molar-refractivity contribution in [3.63, 3.8) is 0 Å². The first kappa shape index (κ1) is 23.1. The molecule has 2 aromatic rings. The van der Waals surface area contributed by atoms with E-state index in [1.54, 1.807) is 20.8 Å². The number of fused-ring (bicyclic) bond motifs is 1. The number of hydrogen-bond donors (Lipinski definition) is 2. The number of hydrogen-bond acceptors (Lipinski definition) is 6. The van der Waals surface area contributed by atoms with Crippen molar-refractivity contribution in [2.45, 2.75) is 63.6 Å². The van der Waals surface area contributed by atoms with Gasteiger partial charge in [-0.25, -0.2) is 18.1 Å². The highest BCUT2D eigenvalue weighted by atomic mass is 32.2. The number of nitrogens with zero attached hydrogens (tertiary/aromatic N) is 1. The molecule has 0 atom stereocenters. The molecule has 3 rings (SSSR count). The zero-order valence-corrected chi connectivity index (χ0v) is 18.7. The zero-order valence-electron chi connectivity index (χ0n) is 17.0. The molecule has 0 radical (unpaired) electrons. The van der Waals surface area contributed by atoms with Gasteiger partial charge in [-0.2, -0.15) is 0 Å². The Kier molecular flexibility index (Phi) is 6.54. The molecular weight excluding hydrogens is 439 g/mol. The molecule has 168 valence electrons. The van der Waals surface area contributed by atoms with Crippen LogP contribution < -0.4 is 14.8 Å². The molecule has 11 heteroatoms. The molecular formula is C19H26F3N3O3S2. The average Bonchev–Trinajstić information content (AvgIpc) is 3.00. The second-order valence-corrected chi connectivity index (χ2v) is 12.1. The molecule has 0 aliphatic heterocycles. The Hall–Kier alpha value is -1.59. The highest BCUT2D eigenvalue weighted by molar-refractivity contribution is 7.90. The first-order valence-electron chi connectivity index (χ1n) is 9.74. The monoisotopic (exact) mass is 465 g/mol. The van der Waals surface area contributed by atoms with Crippen molar-refractivity contribution in [1.82, 2.24) is 9.71 Å². The molecule has 0 unspecified atom stereocenters. The molecule has 1 aromatic heterocycles. The highest BCUT2D eigenvalue weighted by Gasteiger charge is 2.32. The maximum atomic E-state index is 12.4. The van der Waals surface area contributed by atoms with Crippen LogP contribution in [0.5, 0.6) is 5.75 Å². The van der Waals surface area contributed by atoms with E-state index in [-0.39, 0.29) is 17.7 Å². The van der Waals surface area contributed by atoms with E-state index in [0.717, 1.165) is 25.7 Å². The number of anilines is 1. The molecule has 0 spiro atoms. The van der Waals surface area contributed by atoms with Gasteiger partial charge < -0.3 is 10.1 Å². The van der Waals surface area contributed by atoms with E-state index in [1.807, 2.05) is 0 Å². The van der Waals surface area contributed by atoms with E-state index >= 15 is 0 Å². The molecule has 0 amide bonds. The summed E-state index contributed by atoms with van der Waals surface area (Å²) in [4.78, 5) is 4.44. The number of ether oxygens (including phenoxy) is 1. The Bertz CT molecular complexity index is 976. The van der Waals surface area contributed by atoms with Crippen LogP contribution >= 0.6 is 11.3 Å². The van der Waals surface area contributed by atoms with Gasteiger partial charge in [0, 0.05) is 18.7 Å². The topological polar surface area (TPSA) is 80.3 Å². The second-order valence-electron chi connectivity index (χ2n) is 8.52. The van der Waals surface area contributed by atoms with Gasteiger partial charge in [-0.1, -0.05) is 11.3 Å². The lowest BCUT2D eigenvalue weighted by Crippen LogP contribution is -2.42. The Balaban J connectivity index is 1.53. The molecule has 6 nitrogen and oxygen atoms in total. The number of halogens is 3. The maximum absolute atomic E-state index is 12.4. The summed E-state index contributed by atoms with van der Waals surface area (Å²) < 4.78 is 68.0. The van der Waals surface area contributed by atoms with Gasteiger partial charge in [0.15, 0.2) is 5.13 Å². The summed E-state index contributed by atoms with van der Waals surface area (Å²) in [6.07, 6.45) is -1.20. The SMILES string of the molecule is CC(C)(C)S(=O)(=O)NCC1CCC(Nc2nc3ccc(OC(F)(F)F)cc3s2)CC1. The largest absolute Gasteiger partial charge is 0.573 e. The van der Waals surface area contributed by atoms with Crippen LogP contribution in [-0.2, 0) is 10.0 Å². The summed E-state index contributed by atoms with van der Waals surface area (Å²) in [6.45, 7) is 5.46. The van der Waals surface area contributed by atoms with E-state index in [1.165, 1.54) is 29.5 Å². The van der Waals surface area contributed by atoms with E-state index in [9.17, 15) is 21.6 Å². The zero-order chi connectivity index (χ0) is 22.2. The molecule has 1 fully saturated rings. The third-order valence-electron chi connectivity index (χ3n) is 5.14. The molecule has 1 saturated carbocycles. The van der Waals surface area contributed by atoms with Crippen molar-refractivity contribution in [2.24, 2.45) is 5.92 Å². The van der Waals surface area contributed by atoms with Gasteiger partial charge in [0.05, 0.1) is 15.0 Å². The van der Waals surface area contributed by atoms with Crippen LogP contribution in [0.2, 0.25) is 0 Å². The predicted molar refractivity (Wildman–Crippen MR) is 112 cm³/mol. The van der Waals surface area contributed by atoms with E-state index in [0.29, 0.717) is 21.9 Å². The predicted octanol–water partition coefficient (Wildman–Crippen LogP) is 4.88. The number of sulfonamides is 1. The summed E-state index contributed by atoms with van der Waals surface area (Å²) in [5.74, 6) is 0.0287. The van der Waals surface area contributed by atoms with E-state index in [2.05, 4.69) is 19.8 Å². The minimum Gasteiger partial charge on any atom is -0.406 e. The minimum atomic E-state index is -4.72. The fourth-order valence-corrected chi connectivity index (χ4v) is 5.15. The molecule has 0 saturated heterocycles. The number of rotatable bonds is 6. The van der Waals surface area contributed by atoms with Crippen molar-refractivity contribution in [3.8, 4) is 5.75 Å². The van der Waals surface area contributed by atoms with Gasteiger partial charge in [-0.3, -0.25) is 0 Å². The standard InChI is InChI=1S/C19H26F3N3O3S2/c1-18(2,3)30(26,27)23-11-12-4-6-13(7-5-12)24-17-25-15-9-8-14(10-16(15)29-17)28-19(20,21)22/h8-10,12-13,23H,4-7,11H2,1-3H3,(H,24,25). The van der Waals surface area contributed by atoms with E-state index < -0.39 is 21.1 Å². The van der Waals surface area contributed by atoms with Crippen molar-refractivity contribution < 1.29 is 26.3 Å². The first-order chi connectivity index (χ1) is 13.8. The Labute approximate surface area is 178 Å². The molecule has 1 aliphatic rings. The summed E-state index contributed by atoms with van der Waals surface area (Å²) >= 11 is 1.29. The average molecular weight is 466 g/mol. The van der Waals surface area contributed by atoms with Gasteiger partial charge in [0.25, 0.3) is 0 Å². The molecule has 1 heterocycles. The molecule has 1 aliphatic carbocycles. The van der Waals surface area contributed by atoms with Crippen molar-refractivity contribution in [3.05, 3.63) is 18.2 Å². The van der Waals surface area contributed by atoms with Gasteiger partial charge in [-0.15, -0.1) is 13.2 Å². The number of alkyl halides is 3. The lowest BCUT2D eigenvalue weighted by molar-refractivity contribution is -0.274. The molecule has 0 bridgehead atoms. The number of benzene rings is 1. The number of thiazole rings is 1. The van der Waals surface area contributed by atoms with E-state index in [4.69, 9.17) is 0 Å². The molecule has 1 aromatic carbocycles. The van der Waals surface area contributed by atoms with Gasteiger partial charge in [-0.05, 0) is 64.5 Å². The molecule has 30 heavy (non-hydrogen) atoms. The van der Waals surface area contributed by atoms with Crippen LogP contribution in [-0.4, -0.2) is 37.1 Å². The van der Waals surface area contributed by atoms with Crippen LogP contribution in [0.4, 0.5) is 18.3 Å². The lowest BCUT2D eigenvalue weighted by Gasteiger charge is -2.30. The lowest BCUT2D eigenvalue weighted by atomic mass is 9.86. The van der Waals surface area contributed by atoms with Crippen LogP contribution in [0.25, 0.3) is 10.2 Å². The van der Waals surface area contributed by atoms with Gasteiger partial charge >= 0.3 is 6.36 Å². The first-order valence-corrected chi connectivity index (χ1v) is 12.0. The van der Waals surface area contributed by atoms with Crippen molar-refractivity contribution >= 4 is 36.7 Å².